The predicted molar refractivity (Wildman–Crippen MR) is 123 cm³/mol. The van der Waals surface area contributed by atoms with Gasteiger partial charge in [-0.15, -0.1) is 0 Å². The number of benzene rings is 2. The smallest absolute Gasteiger partial charge is 0.326 e. The van der Waals surface area contributed by atoms with Crippen LogP contribution in [0, 0.1) is 18.6 Å². The molecule has 1 fully saturated rings. The third-order valence-electron chi connectivity index (χ3n) is 6.89. The highest BCUT2D eigenvalue weighted by molar-refractivity contribution is 6.14. The van der Waals surface area contributed by atoms with Crippen molar-refractivity contribution in [1.82, 2.24) is 10.6 Å². The van der Waals surface area contributed by atoms with E-state index in [1.165, 1.54) is 12.7 Å². The minimum atomic E-state index is -0.762. The number of imide groups is 1. The maximum Gasteiger partial charge on any atom is 0.326 e. The van der Waals surface area contributed by atoms with Crippen molar-refractivity contribution >= 4 is 18.0 Å². The normalized spacial score (nSPS) is 19.8. The van der Waals surface area contributed by atoms with Crippen LogP contribution in [0.2, 0.25) is 0 Å². The lowest BCUT2D eigenvalue weighted by molar-refractivity contribution is -0.115. The highest BCUT2D eigenvalue weighted by Gasteiger charge is 2.38. The van der Waals surface area contributed by atoms with E-state index in [1.54, 1.807) is 0 Å². The van der Waals surface area contributed by atoms with Gasteiger partial charge in [0.05, 0.1) is 12.7 Å². The van der Waals surface area contributed by atoms with E-state index >= 15 is 8.78 Å². The van der Waals surface area contributed by atoms with Gasteiger partial charge in [0.1, 0.15) is 11.5 Å². The van der Waals surface area contributed by atoms with E-state index in [0.29, 0.717) is 5.56 Å². The zero-order valence-corrected chi connectivity index (χ0v) is 19.7. The Labute approximate surface area is 192 Å². The van der Waals surface area contributed by atoms with E-state index in [9.17, 15) is 9.59 Å². The van der Waals surface area contributed by atoms with E-state index in [2.05, 4.69) is 44.4 Å². The molecule has 174 valence electrons. The summed E-state index contributed by atoms with van der Waals surface area (Å²) in [7, 11) is 1.30. The summed E-state index contributed by atoms with van der Waals surface area (Å²) in [5.41, 5.74) is 3.18. The van der Waals surface area contributed by atoms with Crippen LogP contribution in [-0.4, -0.2) is 19.0 Å². The van der Waals surface area contributed by atoms with Gasteiger partial charge in [-0.1, -0.05) is 33.8 Å². The molecular formula is C26H28F2N2O3. The zero-order chi connectivity index (χ0) is 24.3. The minimum absolute atomic E-state index is 0.00596. The summed E-state index contributed by atoms with van der Waals surface area (Å²) >= 11 is 0. The molecule has 0 spiro atoms. The van der Waals surface area contributed by atoms with Crippen molar-refractivity contribution in [2.24, 2.45) is 0 Å². The van der Waals surface area contributed by atoms with Crippen LogP contribution in [0.1, 0.15) is 62.8 Å². The molecule has 2 aromatic carbocycles. The third kappa shape index (κ3) is 3.79. The monoisotopic (exact) mass is 454 g/mol. The van der Waals surface area contributed by atoms with Gasteiger partial charge in [-0.2, -0.15) is 0 Å². The number of hydrogen-bond donors (Lipinski definition) is 2. The molecule has 2 aliphatic rings. The molecule has 0 radical (unpaired) electrons. The number of aryl methyl sites for hydroxylation is 1. The second-order valence-corrected chi connectivity index (χ2v) is 10.1. The fraction of sp³-hybridized carbons (Fsp3) is 0.385. The first-order valence-electron chi connectivity index (χ1n) is 10.9. The Kier molecular flexibility index (Phi) is 5.34. The highest BCUT2D eigenvalue weighted by atomic mass is 19.1. The molecule has 7 heteroatoms. The number of rotatable bonds is 3. The van der Waals surface area contributed by atoms with E-state index in [0.717, 1.165) is 36.1 Å². The van der Waals surface area contributed by atoms with Gasteiger partial charge in [0.25, 0.3) is 5.91 Å². The van der Waals surface area contributed by atoms with Crippen molar-refractivity contribution in [3.8, 4) is 16.9 Å². The summed E-state index contributed by atoms with van der Waals surface area (Å²) in [4.78, 5) is 23.3. The lowest BCUT2D eigenvalue weighted by Crippen LogP contribution is -2.34. The van der Waals surface area contributed by atoms with Crippen molar-refractivity contribution in [3.05, 3.63) is 57.8 Å². The molecule has 1 aliphatic carbocycles. The van der Waals surface area contributed by atoms with Crippen LogP contribution in [0.4, 0.5) is 13.6 Å². The summed E-state index contributed by atoms with van der Waals surface area (Å²) in [6.45, 7) is 10.6. The molecule has 0 aromatic heterocycles. The first-order chi connectivity index (χ1) is 15.4. The summed E-state index contributed by atoms with van der Waals surface area (Å²) in [6, 6.07) is 4.27. The number of urea groups is 1. The van der Waals surface area contributed by atoms with Crippen molar-refractivity contribution in [2.45, 2.75) is 58.3 Å². The maximum atomic E-state index is 15.9. The Hall–Kier alpha value is -3.22. The van der Waals surface area contributed by atoms with E-state index in [-0.39, 0.29) is 33.4 Å². The Bertz CT molecular complexity index is 1230. The van der Waals surface area contributed by atoms with Crippen LogP contribution in [0.3, 0.4) is 0 Å². The summed E-state index contributed by atoms with van der Waals surface area (Å²) in [5, 5.41) is 4.35. The number of nitrogens with one attached hydrogen (secondary N) is 2. The molecule has 1 aliphatic heterocycles. The third-order valence-corrected chi connectivity index (χ3v) is 6.89. The number of amides is 3. The zero-order valence-electron chi connectivity index (χ0n) is 19.7. The molecule has 1 saturated heterocycles. The number of methoxy groups -OCH3 is 1. The summed E-state index contributed by atoms with van der Waals surface area (Å²) in [5.74, 6) is -2.40. The minimum Gasteiger partial charge on any atom is -0.493 e. The molecule has 0 saturated carbocycles. The molecular weight excluding hydrogens is 426 g/mol. The Morgan fingerprint density at radius 3 is 2.12 bits per heavy atom. The van der Waals surface area contributed by atoms with Crippen LogP contribution in [0.15, 0.2) is 23.9 Å². The quantitative estimate of drug-likeness (QED) is 0.477. The number of halogens is 2. The average Bonchev–Trinajstić information content (AvgIpc) is 3.04. The largest absolute Gasteiger partial charge is 0.493 e. The first kappa shape index (κ1) is 23.0. The van der Waals surface area contributed by atoms with Crippen molar-refractivity contribution in [3.63, 3.8) is 0 Å². The molecule has 2 aromatic rings. The fourth-order valence-electron chi connectivity index (χ4n) is 4.80. The number of fused-ring (bicyclic) bond motifs is 1. The molecule has 4 rings (SSSR count). The number of carbonyl (C=O) groups excluding carboxylic acids is 2. The molecule has 5 nitrogen and oxygen atoms in total. The van der Waals surface area contributed by atoms with Crippen LogP contribution >= 0.6 is 0 Å². The summed E-state index contributed by atoms with van der Waals surface area (Å²) < 4.78 is 36.2. The molecule has 0 unspecified atom stereocenters. The molecule has 2 N–H and O–H groups in total. The van der Waals surface area contributed by atoms with E-state index in [4.69, 9.17) is 4.74 Å². The average molecular weight is 455 g/mol. The molecule has 0 atom stereocenters. The molecule has 3 amide bonds. The number of carbonyl (C=O) groups is 2. The van der Waals surface area contributed by atoms with Gasteiger partial charge in [-0.05, 0) is 71.1 Å². The van der Waals surface area contributed by atoms with Gasteiger partial charge >= 0.3 is 6.03 Å². The molecule has 0 bridgehead atoms. The standard InChI is InChI=1S/C26H28F2N2O3/c1-13-9-16-17(26(4,5)8-7-25(16,2)3)12-15(13)20-21(28)14(10-18(27)22(20)33-6)11-19-23(31)30-24(32)29-19/h9-12H,7-8H2,1-6H3,(H2,29,30,31,32)/b19-11-. The highest BCUT2D eigenvalue weighted by Crippen LogP contribution is 2.49. The maximum absolute atomic E-state index is 15.9. The number of ether oxygens (including phenoxy) is 1. The van der Waals surface area contributed by atoms with E-state index < -0.39 is 23.6 Å². The number of hydrogen-bond acceptors (Lipinski definition) is 3. The van der Waals surface area contributed by atoms with Gasteiger partial charge in [0.15, 0.2) is 11.6 Å². The van der Waals surface area contributed by atoms with Gasteiger partial charge in [-0.25, -0.2) is 13.6 Å². The fourth-order valence-corrected chi connectivity index (χ4v) is 4.80. The lowest BCUT2D eigenvalue weighted by Gasteiger charge is -2.42. The van der Waals surface area contributed by atoms with Crippen LogP contribution in [0.25, 0.3) is 17.2 Å². The van der Waals surface area contributed by atoms with Gasteiger partial charge in [0, 0.05) is 5.56 Å². The lowest BCUT2D eigenvalue weighted by atomic mass is 9.62. The Morgan fingerprint density at radius 2 is 1.58 bits per heavy atom. The van der Waals surface area contributed by atoms with Crippen LogP contribution in [-0.2, 0) is 15.6 Å². The SMILES string of the molecule is COc1c(F)cc(/C=C2\NC(=O)NC2=O)c(F)c1-c1cc2c(cc1C)C(C)(C)CCC2(C)C. The van der Waals surface area contributed by atoms with Gasteiger partial charge in [0.2, 0.25) is 0 Å². The van der Waals surface area contributed by atoms with Crippen molar-refractivity contribution in [2.75, 3.05) is 7.11 Å². The van der Waals surface area contributed by atoms with Crippen molar-refractivity contribution < 1.29 is 23.1 Å². The van der Waals surface area contributed by atoms with Gasteiger partial charge < -0.3 is 10.1 Å². The second kappa shape index (κ2) is 7.68. The van der Waals surface area contributed by atoms with E-state index in [1.807, 2.05) is 13.0 Å². The first-order valence-corrected chi connectivity index (χ1v) is 10.9. The van der Waals surface area contributed by atoms with Crippen LogP contribution in [0.5, 0.6) is 5.75 Å². The topological polar surface area (TPSA) is 67.4 Å². The Morgan fingerprint density at radius 1 is 0.970 bits per heavy atom. The van der Waals surface area contributed by atoms with Crippen molar-refractivity contribution in [1.29, 1.82) is 0 Å². The summed E-state index contributed by atoms with van der Waals surface area (Å²) in [6.07, 6.45) is 3.14. The molecule has 33 heavy (non-hydrogen) atoms. The van der Waals surface area contributed by atoms with Gasteiger partial charge in [-0.3, -0.25) is 10.1 Å². The predicted octanol–water partition coefficient (Wildman–Crippen LogP) is 5.48. The van der Waals surface area contributed by atoms with Crippen LogP contribution < -0.4 is 15.4 Å². The Balaban J connectivity index is 1.98. The molecule has 1 heterocycles. The second-order valence-electron chi connectivity index (χ2n) is 10.1.